The molecule has 0 spiro atoms. The smallest absolute Gasteiger partial charge is 0.251 e. The van der Waals surface area contributed by atoms with Crippen LogP contribution < -0.4 is 11.0 Å². The SMILES string of the molecule is O=C(Cc1cc(=O)[nH]c(=S)[nH]1)N/N=C(\CCCc1ccccc1)c1ccccc1. The Labute approximate surface area is 173 Å². The molecule has 0 bridgehead atoms. The van der Waals surface area contributed by atoms with Gasteiger partial charge < -0.3 is 4.98 Å². The number of amides is 1. The summed E-state index contributed by atoms with van der Waals surface area (Å²) in [4.78, 5) is 29.0. The predicted octanol–water partition coefficient (Wildman–Crippen LogP) is 3.52. The number of aromatic nitrogens is 2. The van der Waals surface area contributed by atoms with Crippen molar-refractivity contribution in [2.24, 2.45) is 5.10 Å². The molecule has 0 aliphatic carbocycles. The number of H-pyrrole nitrogens is 2. The van der Waals surface area contributed by atoms with Gasteiger partial charge in [0.25, 0.3) is 5.56 Å². The Kier molecular flexibility index (Phi) is 7.24. The van der Waals surface area contributed by atoms with Crippen LogP contribution in [0, 0.1) is 4.77 Å². The number of nitrogens with one attached hydrogen (secondary N) is 3. The van der Waals surface area contributed by atoms with Gasteiger partial charge in [-0.05, 0) is 42.6 Å². The van der Waals surface area contributed by atoms with Gasteiger partial charge >= 0.3 is 0 Å². The van der Waals surface area contributed by atoms with Gasteiger partial charge in [-0.15, -0.1) is 0 Å². The number of carbonyl (C=O) groups excluding carboxylic acids is 1. The molecule has 3 rings (SSSR count). The second-order valence-electron chi connectivity index (χ2n) is 6.59. The molecule has 2 aromatic carbocycles. The lowest BCUT2D eigenvalue weighted by Crippen LogP contribution is -2.23. The Balaban J connectivity index is 1.66. The van der Waals surface area contributed by atoms with Crippen molar-refractivity contribution in [3.05, 3.63) is 98.7 Å². The van der Waals surface area contributed by atoms with Crippen molar-refractivity contribution in [2.75, 3.05) is 0 Å². The van der Waals surface area contributed by atoms with Crippen LogP contribution in [0.25, 0.3) is 0 Å². The zero-order chi connectivity index (χ0) is 20.5. The van der Waals surface area contributed by atoms with Gasteiger partial charge in [-0.25, -0.2) is 5.43 Å². The molecule has 7 heteroatoms. The number of aromatic amines is 2. The summed E-state index contributed by atoms with van der Waals surface area (Å²) >= 11 is 4.93. The van der Waals surface area contributed by atoms with Crippen molar-refractivity contribution in [1.82, 2.24) is 15.4 Å². The number of rotatable bonds is 8. The van der Waals surface area contributed by atoms with Crippen molar-refractivity contribution in [1.29, 1.82) is 0 Å². The molecule has 0 saturated heterocycles. The van der Waals surface area contributed by atoms with E-state index in [0.29, 0.717) is 5.69 Å². The number of carbonyl (C=O) groups is 1. The minimum Gasteiger partial charge on any atom is -0.335 e. The average Bonchev–Trinajstić information content (AvgIpc) is 2.71. The third-order valence-electron chi connectivity index (χ3n) is 4.31. The number of hydrogen-bond acceptors (Lipinski definition) is 4. The lowest BCUT2D eigenvalue weighted by molar-refractivity contribution is -0.120. The molecular weight excluding hydrogens is 384 g/mol. The van der Waals surface area contributed by atoms with Crippen LogP contribution >= 0.6 is 12.2 Å². The van der Waals surface area contributed by atoms with Gasteiger partial charge in [-0.3, -0.25) is 14.6 Å². The van der Waals surface area contributed by atoms with Gasteiger partial charge in [-0.2, -0.15) is 5.10 Å². The Morgan fingerprint density at radius 3 is 2.38 bits per heavy atom. The maximum Gasteiger partial charge on any atom is 0.251 e. The number of hydrogen-bond donors (Lipinski definition) is 3. The van der Waals surface area contributed by atoms with Crippen LogP contribution in [-0.2, 0) is 17.6 Å². The van der Waals surface area contributed by atoms with Gasteiger partial charge in [0.05, 0.1) is 12.1 Å². The molecule has 3 aromatic rings. The minimum atomic E-state index is -0.342. The molecule has 0 unspecified atom stereocenters. The Bertz CT molecular complexity index is 1060. The molecule has 6 nitrogen and oxygen atoms in total. The highest BCUT2D eigenvalue weighted by atomic mass is 32.1. The normalized spacial score (nSPS) is 11.2. The molecule has 29 heavy (non-hydrogen) atoms. The number of aryl methyl sites for hydroxylation is 1. The molecule has 0 saturated carbocycles. The average molecular weight is 407 g/mol. The van der Waals surface area contributed by atoms with E-state index >= 15 is 0 Å². The molecule has 1 aromatic heterocycles. The predicted molar refractivity (Wildman–Crippen MR) is 116 cm³/mol. The van der Waals surface area contributed by atoms with Crippen LogP contribution in [0.2, 0.25) is 0 Å². The molecule has 1 heterocycles. The van der Waals surface area contributed by atoms with E-state index in [1.807, 2.05) is 48.5 Å². The summed E-state index contributed by atoms with van der Waals surface area (Å²) in [5, 5.41) is 4.36. The van der Waals surface area contributed by atoms with Crippen molar-refractivity contribution in [2.45, 2.75) is 25.7 Å². The van der Waals surface area contributed by atoms with E-state index < -0.39 is 0 Å². The van der Waals surface area contributed by atoms with Gasteiger partial charge in [0.1, 0.15) is 0 Å². The first-order valence-electron chi connectivity index (χ1n) is 9.37. The van der Waals surface area contributed by atoms with E-state index in [9.17, 15) is 9.59 Å². The second-order valence-corrected chi connectivity index (χ2v) is 7.00. The van der Waals surface area contributed by atoms with Crippen LogP contribution in [0.4, 0.5) is 0 Å². The summed E-state index contributed by atoms with van der Waals surface area (Å²) in [6.07, 6.45) is 2.56. The molecule has 0 radical (unpaired) electrons. The Morgan fingerprint density at radius 1 is 1.00 bits per heavy atom. The number of nitrogens with zero attached hydrogens (tertiary/aromatic N) is 1. The van der Waals surface area contributed by atoms with Crippen LogP contribution in [0.5, 0.6) is 0 Å². The monoisotopic (exact) mass is 406 g/mol. The first-order valence-corrected chi connectivity index (χ1v) is 9.78. The Morgan fingerprint density at radius 2 is 1.69 bits per heavy atom. The van der Waals surface area contributed by atoms with Crippen molar-refractivity contribution in [3.8, 4) is 0 Å². The molecule has 0 fully saturated rings. The van der Waals surface area contributed by atoms with E-state index in [2.05, 4.69) is 32.6 Å². The lowest BCUT2D eigenvalue weighted by Gasteiger charge is -2.08. The summed E-state index contributed by atoms with van der Waals surface area (Å²) in [7, 11) is 0. The van der Waals surface area contributed by atoms with Crippen molar-refractivity contribution < 1.29 is 4.79 Å². The van der Waals surface area contributed by atoms with E-state index in [-0.39, 0.29) is 22.7 Å². The Hall–Kier alpha value is -3.32. The van der Waals surface area contributed by atoms with Gasteiger partial charge in [0, 0.05) is 11.8 Å². The summed E-state index contributed by atoms with van der Waals surface area (Å²) in [5.74, 6) is -0.322. The summed E-state index contributed by atoms with van der Waals surface area (Å²) < 4.78 is 0.190. The van der Waals surface area contributed by atoms with Gasteiger partial charge in [-0.1, -0.05) is 60.7 Å². The van der Waals surface area contributed by atoms with Crippen molar-refractivity contribution in [3.63, 3.8) is 0 Å². The zero-order valence-electron chi connectivity index (χ0n) is 15.9. The molecule has 3 N–H and O–H groups in total. The van der Waals surface area contributed by atoms with E-state index in [1.165, 1.54) is 11.6 Å². The fourth-order valence-corrected chi connectivity index (χ4v) is 3.19. The minimum absolute atomic E-state index is 0.0108. The highest BCUT2D eigenvalue weighted by Gasteiger charge is 2.07. The topological polar surface area (TPSA) is 90.1 Å². The third-order valence-corrected chi connectivity index (χ3v) is 4.52. The quantitative estimate of drug-likeness (QED) is 0.304. The number of hydrazone groups is 1. The standard InChI is InChI=1S/C22H22N4O2S/c27-20-14-18(23-22(29)24-20)15-21(28)26-25-19(17-11-5-2-6-12-17)13-7-10-16-8-3-1-4-9-16/h1-6,8-9,11-12,14H,7,10,13,15H2,(H,26,28)(H2,23,24,27,29)/b25-19+. The maximum absolute atomic E-state index is 12.3. The highest BCUT2D eigenvalue weighted by Crippen LogP contribution is 2.10. The van der Waals surface area contributed by atoms with Crippen molar-refractivity contribution >= 4 is 23.8 Å². The number of benzene rings is 2. The van der Waals surface area contributed by atoms with E-state index in [1.54, 1.807) is 0 Å². The van der Waals surface area contributed by atoms with Crippen LogP contribution in [-0.4, -0.2) is 21.6 Å². The fourth-order valence-electron chi connectivity index (χ4n) is 2.96. The summed E-state index contributed by atoms with van der Waals surface area (Å²) in [6, 6.07) is 21.4. The molecule has 0 aliphatic rings. The molecule has 1 amide bonds. The first-order chi connectivity index (χ1) is 14.1. The van der Waals surface area contributed by atoms with E-state index in [4.69, 9.17) is 12.2 Å². The molecule has 0 aliphatic heterocycles. The zero-order valence-corrected chi connectivity index (χ0v) is 16.7. The molecule has 0 atom stereocenters. The van der Waals surface area contributed by atoms with Crippen LogP contribution in [0.3, 0.4) is 0 Å². The van der Waals surface area contributed by atoms with E-state index in [0.717, 1.165) is 30.5 Å². The van der Waals surface area contributed by atoms with Gasteiger partial charge in [0.2, 0.25) is 5.91 Å². The van der Waals surface area contributed by atoms with Crippen LogP contribution in [0.1, 0.15) is 29.7 Å². The summed E-state index contributed by atoms with van der Waals surface area (Å²) in [5.41, 5.74) is 5.75. The van der Waals surface area contributed by atoms with Gasteiger partial charge in [0.15, 0.2) is 4.77 Å². The molecular formula is C22H22N4O2S. The first kappa shape index (κ1) is 20.4. The fraction of sp³-hybridized carbons (Fsp3) is 0.182. The second kappa shape index (κ2) is 10.3. The lowest BCUT2D eigenvalue weighted by atomic mass is 10.0. The largest absolute Gasteiger partial charge is 0.335 e. The third kappa shape index (κ3) is 6.65. The summed E-state index contributed by atoms with van der Waals surface area (Å²) in [6.45, 7) is 0. The highest BCUT2D eigenvalue weighted by molar-refractivity contribution is 7.71. The maximum atomic E-state index is 12.3. The molecule has 148 valence electrons. The van der Waals surface area contributed by atoms with Crippen LogP contribution in [0.15, 0.2) is 76.6 Å².